The van der Waals surface area contributed by atoms with Crippen molar-refractivity contribution >= 4 is 11.7 Å². The molecule has 32 heavy (non-hydrogen) atoms. The summed E-state index contributed by atoms with van der Waals surface area (Å²) in [6, 6.07) is 3.86. The van der Waals surface area contributed by atoms with Gasteiger partial charge in [-0.15, -0.1) is 0 Å². The van der Waals surface area contributed by atoms with E-state index in [0.29, 0.717) is 37.2 Å². The standard InChI is InChI=1S/C22H25F3N4O3/c1-21(6-7-21)29-16(30)10-15-17(20-31-8-9-32-20)19(28-12-27-15)26-11-13-4-3-5-14(18(13)23)22(2,24)25/h3-5,12,20H,6-11H2,1-2H3,(H,29,30)(H,26,27,28). The highest BCUT2D eigenvalue weighted by Crippen LogP contribution is 2.35. The summed E-state index contributed by atoms with van der Waals surface area (Å²) < 4.78 is 53.2. The van der Waals surface area contributed by atoms with E-state index in [9.17, 15) is 18.0 Å². The molecule has 2 aromatic rings. The molecule has 7 nitrogen and oxygen atoms in total. The second-order valence-electron chi connectivity index (χ2n) is 8.46. The van der Waals surface area contributed by atoms with Gasteiger partial charge in [0.25, 0.3) is 5.92 Å². The average Bonchev–Trinajstić information content (AvgIpc) is 3.21. The van der Waals surface area contributed by atoms with E-state index in [2.05, 4.69) is 20.6 Å². The predicted octanol–water partition coefficient (Wildman–Crippen LogP) is 3.60. The molecule has 2 aliphatic rings. The molecular weight excluding hydrogens is 425 g/mol. The highest BCUT2D eigenvalue weighted by Gasteiger charge is 2.39. The number of rotatable bonds is 8. The van der Waals surface area contributed by atoms with Gasteiger partial charge < -0.3 is 20.1 Å². The third kappa shape index (κ3) is 5.02. The molecule has 1 aromatic heterocycles. The molecule has 172 valence electrons. The lowest BCUT2D eigenvalue weighted by Gasteiger charge is -2.19. The van der Waals surface area contributed by atoms with Crippen LogP contribution in [0.1, 0.15) is 55.4 Å². The minimum absolute atomic E-state index is 0.00273. The molecular formula is C22H25F3N4O3. The summed E-state index contributed by atoms with van der Waals surface area (Å²) in [4.78, 5) is 21.0. The number of nitrogens with one attached hydrogen (secondary N) is 2. The minimum atomic E-state index is -3.30. The SMILES string of the molecule is CC1(NC(=O)Cc2ncnc(NCc3cccc(C(C)(F)F)c3F)c2C2OCCO2)CC1. The highest BCUT2D eigenvalue weighted by molar-refractivity contribution is 5.80. The monoisotopic (exact) mass is 450 g/mol. The number of hydrogen-bond donors (Lipinski definition) is 2. The van der Waals surface area contributed by atoms with E-state index in [-0.39, 0.29) is 30.0 Å². The number of carbonyl (C=O) groups is 1. The van der Waals surface area contributed by atoms with Crippen LogP contribution >= 0.6 is 0 Å². The summed E-state index contributed by atoms with van der Waals surface area (Å²) in [6.45, 7) is 3.26. The first kappa shape index (κ1) is 22.5. The van der Waals surface area contributed by atoms with Crippen LogP contribution in [-0.2, 0) is 33.2 Å². The summed E-state index contributed by atoms with van der Waals surface area (Å²) in [5.41, 5.74) is 0.0788. The van der Waals surface area contributed by atoms with Crippen molar-refractivity contribution in [2.75, 3.05) is 18.5 Å². The van der Waals surface area contributed by atoms with Gasteiger partial charge in [-0.2, -0.15) is 0 Å². The van der Waals surface area contributed by atoms with Crippen molar-refractivity contribution < 1.29 is 27.4 Å². The number of carbonyl (C=O) groups excluding carboxylic acids is 1. The molecule has 0 atom stereocenters. The summed E-state index contributed by atoms with van der Waals surface area (Å²) >= 11 is 0. The van der Waals surface area contributed by atoms with Crippen LogP contribution in [-0.4, -0.2) is 34.6 Å². The molecule has 2 heterocycles. The first-order chi connectivity index (χ1) is 15.2. The number of benzene rings is 1. The van der Waals surface area contributed by atoms with E-state index in [1.165, 1.54) is 18.5 Å². The zero-order chi connectivity index (χ0) is 22.9. The van der Waals surface area contributed by atoms with Gasteiger partial charge in [-0.1, -0.05) is 18.2 Å². The lowest BCUT2D eigenvalue weighted by molar-refractivity contribution is -0.121. The van der Waals surface area contributed by atoms with E-state index >= 15 is 0 Å². The molecule has 2 N–H and O–H groups in total. The van der Waals surface area contributed by atoms with Crippen LogP contribution in [0.15, 0.2) is 24.5 Å². The number of amides is 1. The van der Waals surface area contributed by atoms with Gasteiger partial charge >= 0.3 is 0 Å². The second kappa shape index (κ2) is 8.67. The van der Waals surface area contributed by atoms with E-state index in [4.69, 9.17) is 9.47 Å². The number of aromatic nitrogens is 2. The van der Waals surface area contributed by atoms with Gasteiger partial charge in [0.05, 0.1) is 36.5 Å². The smallest absolute Gasteiger partial charge is 0.273 e. The Morgan fingerprint density at radius 2 is 1.97 bits per heavy atom. The van der Waals surface area contributed by atoms with Crippen molar-refractivity contribution in [1.29, 1.82) is 0 Å². The van der Waals surface area contributed by atoms with Crippen LogP contribution in [0.4, 0.5) is 19.0 Å². The van der Waals surface area contributed by atoms with E-state index in [0.717, 1.165) is 18.9 Å². The molecule has 0 unspecified atom stereocenters. The largest absolute Gasteiger partial charge is 0.365 e. The van der Waals surface area contributed by atoms with Crippen LogP contribution in [0.3, 0.4) is 0 Å². The van der Waals surface area contributed by atoms with Crippen molar-refractivity contribution in [2.24, 2.45) is 0 Å². The Balaban J connectivity index is 1.58. The van der Waals surface area contributed by atoms with Crippen LogP contribution in [0.5, 0.6) is 0 Å². The molecule has 0 spiro atoms. The molecule has 10 heteroatoms. The minimum Gasteiger partial charge on any atom is -0.365 e. The van der Waals surface area contributed by atoms with Gasteiger partial charge in [0.15, 0.2) is 6.29 Å². The molecule has 1 saturated carbocycles. The number of hydrogen-bond acceptors (Lipinski definition) is 6. The Kier molecular flexibility index (Phi) is 6.09. The lowest BCUT2D eigenvalue weighted by atomic mass is 10.0. The maximum atomic E-state index is 14.6. The Hall–Kier alpha value is -2.72. The second-order valence-corrected chi connectivity index (χ2v) is 8.46. The molecule has 1 amide bonds. The number of halogens is 3. The Morgan fingerprint density at radius 1 is 1.25 bits per heavy atom. The van der Waals surface area contributed by atoms with Gasteiger partial charge in [-0.25, -0.2) is 23.1 Å². The molecule has 0 radical (unpaired) electrons. The van der Waals surface area contributed by atoms with Gasteiger partial charge in [0.1, 0.15) is 18.0 Å². The number of ether oxygens (including phenoxy) is 2. The van der Waals surface area contributed by atoms with Gasteiger partial charge in [-0.05, 0) is 19.8 Å². The van der Waals surface area contributed by atoms with E-state index in [1.807, 2.05) is 6.92 Å². The van der Waals surface area contributed by atoms with Crippen LogP contribution < -0.4 is 10.6 Å². The fraction of sp³-hybridized carbons (Fsp3) is 0.500. The maximum absolute atomic E-state index is 14.6. The number of anilines is 1. The zero-order valence-electron chi connectivity index (χ0n) is 17.9. The lowest BCUT2D eigenvalue weighted by Crippen LogP contribution is -2.35. The summed E-state index contributed by atoms with van der Waals surface area (Å²) in [6.07, 6.45) is 2.36. The predicted molar refractivity (Wildman–Crippen MR) is 109 cm³/mol. The molecule has 1 aliphatic carbocycles. The Morgan fingerprint density at radius 3 is 2.62 bits per heavy atom. The van der Waals surface area contributed by atoms with Crippen LogP contribution in [0.2, 0.25) is 0 Å². The third-order valence-corrected chi connectivity index (χ3v) is 5.59. The summed E-state index contributed by atoms with van der Waals surface area (Å²) in [7, 11) is 0. The molecule has 0 bridgehead atoms. The molecule has 1 saturated heterocycles. The Bertz CT molecular complexity index is 1000. The van der Waals surface area contributed by atoms with Gasteiger partial charge in [0, 0.05) is 24.6 Å². The van der Waals surface area contributed by atoms with E-state index in [1.54, 1.807) is 0 Å². The maximum Gasteiger partial charge on any atom is 0.273 e. The van der Waals surface area contributed by atoms with E-state index < -0.39 is 23.6 Å². The van der Waals surface area contributed by atoms with Crippen molar-refractivity contribution in [2.45, 2.75) is 57.4 Å². The first-order valence-corrected chi connectivity index (χ1v) is 10.4. The Labute approximate surface area is 183 Å². The number of alkyl halides is 2. The van der Waals surface area contributed by atoms with Crippen molar-refractivity contribution in [1.82, 2.24) is 15.3 Å². The number of nitrogens with zero attached hydrogens (tertiary/aromatic N) is 2. The van der Waals surface area contributed by atoms with Crippen LogP contribution in [0, 0.1) is 5.82 Å². The average molecular weight is 450 g/mol. The molecule has 2 fully saturated rings. The molecule has 1 aromatic carbocycles. The molecule has 4 rings (SSSR count). The van der Waals surface area contributed by atoms with Gasteiger partial charge in [-0.3, -0.25) is 4.79 Å². The van der Waals surface area contributed by atoms with Gasteiger partial charge in [0.2, 0.25) is 5.91 Å². The quantitative estimate of drug-likeness (QED) is 0.639. The fourth-order valence-electron chi connectivity index (χ4n) is 3.57. The zero-order valence-corrected chi connectivity index (χ0v) is 17.9. The highest BCUT2D eigenvalue weighted by atomic mass is 19.3. The third-order valence-electron chi connectivity index (χ3n) is 5.59. The van der Waals surface area contributed by atoms with Crippen molar-refractivity contribution in [3.05, 3.63) is 52.7 Å². The first-order valence-electron chi connectivity index (χ1n) is 10.4. The summed E-state index contributed by atoms with van der Waals surface area (Å²) in [5.74, 6) is -4.17. The normalized spacial score (nSPS) is 17.9. The van der Waals surface area contributed by atoms with Crippen molar-refractivity contribution in [3.63, 3.8) is 0 Å². The van der Waals surface area contributed by atoms with Crippen LogP contribution in [0.25, 0.3) is 0 Å². The fourth-order valence-corrected chi connectivity index (χ4v) is 3.57. The topological polar surface area (TPSA) is 85.4 Å². The van der Waals surface area contributed by atoms with Crippen molar-refractivity contribution in [3.8, 4) is 0 Å². The molecule has 1 aliphatic heterocycles. The summed E-state index contributed by atoms with van der Waals surface area (Å²) in [5, 5.41) is 5.95.